The van der Waals surface area contributed by atoms with Gasteiger partial charge in [0, 0.05) is 18.7 Å². The second-order valence-electron chi connectivity index (χ2n) is 4.69. The summed E-state index contributed by atoms with van der Waals surface area (Å²) in [7, 11) is -3.66. The summed E-state index contributed by atoms with van der Waals surface area (Å²) in [5.74, 6) is 5.43. The Labute approximate surface area is 129 Å². The minimum atomic E-state index is -3.66. The number of hydrogen-bond acceptors (Lipinski definition) is 5. The lowest BCUT2D eigenvalue weighted by molar-refractivity contribution is 0.598. The van der Waals surface area contributed by atoms with Crippen LogP contribution in [0.15, 0.2) is 64.6 Å². The third-order valence-corrected chi connectivity index (χ3v) is 4.07. The van der Waals surface area contributed by atoms with Gasteiger partial charge in [-0.3, -0.25) is 0 Å². The molecule has 0 aliphatic carbocycles. The van der Waals surface area contributed by atoms with E-state index in [9.17, 15) is 8.42 Å². The van der Waals surface area contributed by atoms with Gasteiger partial charge in [-0.1, -0.05) is 30.3 Å². The number of benzene rings is 2. The van der Waals surface area contributed by atoms with Crippen LogP contribution in [0.1, 0.15) is 12.0 Å². The van der Waals surface area contributed by atoms with Crippen LogP contribution in [0.2, 0.25) is 0 Å². The number of rotatable bonds is 6. The van der Waals surface area contributed by atoms with E-state index in [-0.39, 0.29) is 4.90 Å². The van der Waals surface area contributed by atoms with Crippen LogP contribution in [-0.4, -0.2) is 20.7 Å². The first kappa shape index (κ1) is 16.0. The molecule has 0 heterocycles. The molecule has 0 bridgehead atoms. The molecule has 0 aromatic heterocycles. The van der Waals surface area contributed by atoms with Crippen LogP contribution in [0.25, 0.3) is 0 Å². The molecule has 7 heteroatoms. The quantitative estimate of drug-likeness (QED) is 0.426. The van der Waals surface area contributed by atoms with Crippen molar-refractivity contribution in [1.29, 1.82) is 0 Å². The summed E-state index contributed by atoms with van der Waals surface area (Å²) in [5.41, 5.74) is 2.59. The summed E-state index contributed by atoms with van der Waals surface area (Å²) in [4.78, 5) is 0.0894. The molecule has 0 amide bonds. The van der Waals surface area contributed by atoms with Crippen LogP contribution in [0.5, 0.6) is 0 Å². The second-order valence-corrected chi connectivity index (χ2v) is 6.25. The van der Waals surface area contributed by atoms with Gasteiger partial charge in [-0.05, 0) is 29.8 Å². The smallest absolute Gasteiger partial charge is 0.238 e. The zero-order valence-corrected chi connectivity index (χ0v) is 12.8. The molecule has 0 aliphatic heterocycles. The molecule has 2 aromatic rings. The highest BCUT2D eigenvalue weighted by Crippen LogP contribution is 2.13. The molecule has 0 unspecified atom stereocenters. The molecule has 2 rings (SSSR count). The third kappa shape index (κ3) is 4.31. The SMILES string of the molecule is N/N=C(\CCNc1ccc(S(N)(=O)=O)cc1)c1ccccc1. The maximum Gasteiger partial charge on any atom is 0.238 e. The van der Waals surface area contributed by atoms with Crippen molar-refractivity contribution in [2.45, 2.75) is 11.3 Å². The Hall–Kier alpha value is -2.38. The standard InChI is InChI=1S/C15H18N4O2S/c16-19-15(12-4-2-1-3-5-12)10-11-18-13-6-8-14(9-7-13)22(17,20)21/h1-9,18H,10-11,16H2,(H2,17,20,21)/b19-15+. The van der Waals surface area contributed by atoms with Crippen molar-refractivity contribution in [3.8, 4) is 0 Å². The summed E-state index contributed by atoms with van der Waals surface area (Å²) in [6.45, 7) is 0.625. The van der Waals surface area contributed by atoms with E-state index in [4.69, 9.17) is 11.0 Å². The number of nitrogens with one attached hydrogen (secondary N) is 1. The summed E-state index contributed by atoms with van der Waals surface area (Å²) in [5, 5.41) is 12.1. The molecule has 0 radical (unpaired) electrons. The molecular weight excluding hydrogens is 300 g/mol. The fourth-order valence-electron chi connectivity index (χ4n) is 2.00. The Bertz CT molecular complexity index is 741. The maximum absolute atomic E-state index is 11.2. The summed E-state index contributed by atoms with van der Waals surface area (Å²) in [6.07, 6.45) is 0.650. The first-order valence-corrected chi connectivity index (χ1v) is 8.24. The topological polar surface area (TPSA) is 111 Å². The molecule has 0 saturated heterocycles. The molecular formula is C15H18N4O2S. The van der Waals surface area contributed by atoms with Crippen molar-refractivity contribution in [2.24, 2.45) is 16.1 Å². The molecule has 0 fully saturated rings. The predicted octanol–water partition coefficient (Wildman–Crippen LogP) is 1.50. The summed E-state index contributed by atoms with van der Waals surface area (Å²) < 4.78 is 22.3. The Balaban J connectivity index is 1.93. The average Bonchev–Trinajstić information content (AvgIpc) is 2.52. The van der Waals surface area contributed by atoms with Crippen LogP contribution in [0.3, 0.4) is 0 Å². The number of nitrogens with two attached hydrogens (primary N) is 2. The minimum Gasteiger partial charge on any atom is -0.385 e. The first-order chi connectivity index (χ1) is 10.5. The van der Waals surface area contributed by atoms with Crippen molar-refractivity contribution in [3.05, 3.63) is 60.2 Å². The van der Waals surface area contributed by atoms with E-state index in [1.54, 1.807) is 12.1 Å². The Kier molecular flexibility index (Phi) is 5.13. The van der Waals surface area contributed by atoms with Gasteiger partial charge >= 0.3 is 0 Å². The Morgan fingerprint density at radius 2 is 1.68 bits per heavy atom. The third-order valence-electron chi connectivity index (χ3n) is 3.14. The van der Waals surface area contributed by atoms with Crippen LogP contribution in [-0.2, 0) is 10.0 Å². The second kappa shape index (κ2) is 7.06. The van der Waals surface area contributed by atoms with Gasteiger partial charge in [0.15, 0.2) is 0 Å². The maximum atomic E-state index is 11.2. The van der Waals surface area contributed by atoms with Gasteiger partial charge in [-0.25, -0.2) is 13.6 Å². The zero-order valence-electron chi connectivity index (χ0n) is 11.9. The Morgan fingerprint density at radius 1 is 1.05 bits per heavy atom. The number of primary sulfonamides is 1. The van der Waals surface area contributed by atoms with Crippen molar-refractivity contribution in [1.82, 2.24) is 0 Å². The van der Waals surface area contributed by atoms with Gasteiger partial charge in [0.2, 0.25) is 10.0 Å². The van der Waals surface area contributed by atoms with E-state index in [1.807, 2.05) is 30.3 Å². The lowest BCUT2D eigenvalue weighted by atomic mass is 10.1. The van der Waals surface area contributed by atoms with Crippen molar-refractivity contribution in [2.75, 3.05) is 11.9 Å². The molecule has 0 saturated carbocycles. The molecule has 6 nitrogen and oxygen atoms in total. The van der Waals surface area contributed by atoms with Gasteiger partial charge in [0.25, 0.3) is 0 Å². The van der Waals surface area contributed by atoms with E-state index in [0.717, 1.165) is 17.0 Å². The van der Waals surface area contributed by atoms with E-state index in [0.29, 0.717) is 13.0 Å². The van der Waals surface area contributed by atoms with Gasteiger partial charge in [0.1, 0.15) is 0 Å². The number of sulfonamides is 1. The largest absolute Gasteiger partial charge is 0.385 e. The van der Waals surface area contributed by atoms with Gasteiger partial charge in [-0.15, -0.1) is 0 Å². The van der Waals surface area contributed by atoms with E-state index in [1.165, 1.54) is 12.1 Å². The zero-order chi connectivity index (χ0) is 16.0. The molecule has 0 aliphatic rings. The van der Waals surface area contributed by atoms with Gasteiger partial charge in [0.05, 0.1) is 10.6 Å². The monoisotopic (exact) mass is 318 g/mol. The highest BCUT2D eigenvalue weighted by Gasteiger charge is 2.07. The van der Waals surface area contributed by atoms with Crippen LogP contribution in [0, 0.1) is 0 Å². The van der Waals surface area contributed by atoms with E-state index >= 15 is 0 Å². The summed E-state index contributed by atoms with van der Waals surface area (Å²) >= 11 is 0. The van der Waals surface area contributed by atoms with E-state index in [2.05, 4.69) is 10.4 Å². The predicted molar refractivity (Wildman–Crippen MR) is 88.1 cm³/mol. The number of hydrazone groups is 1. The van der Waals surface area contributed by atoms with Crippen molar-refractivity contribution < 1.29 is 8.42 Å². The normalized spacial score (nSPS) is 12.1. The highest BCUT2D eigenvalue weighted by atomic mass is 32.2. The van der Waals surface area contributed by atoms with Crippen LogP contribution < -0.4 is 16.3 Å². The van der Waals surface area contributed by atoms with Gasteiger partial charge in [-0.2, -0.15) is 5.10 Å². The number of nitrogens with zero attached hydrogens (tertiary/aromatic N) is 1. The number of anilines is 1. The molecule has 116 valence electrons. The first-order valence-electron chi connectivity index (χ1n) is 6.69. The minimum absolute atomic E-state index is 0.0894. The molecule has 5 N–H and O–H groups in total. The average molecular weight is 318 g/mol. The molecule has 0 spiro atoms. The van der Waals surface area contributed by atoms with Crippen molar-refractivity contribution >= 4 is 21.4 Å². The van der Waals surface area contributed by atoms with Crippen LogP contribution >= 0.6 is 0 Å². The van der Waals surface area contributed by atoms with E-state index < -0.39 is 10.0 Å². The molecule has 2 aromatic carbocycles. The number of hydrogen-bond donors (Lipinski definition) is 3. The van der Waals surface area contributed by atoms with Gasteiger partial charge < -0.3 is 11.2 Å². The molecule has 0 atom stereocenters. The van der Waals surface area contributed by atoms with Crippen LogP contribution in [0.4, 0.5) is 5.69 Å². The molecule has 22 heavy (non-hydrogen) atoms. The lowest BCUT2D eigenvalue weighted by Crippen LogP contribution is -2.13. The lowest BCUT2D eigenvalue weighted by Gasteiger charge is -2.09. The Morgan fingerprint density at radius 3 is 2.23 bits per heavy atom. The fourth-order valence-corrected chi connectivity index (χ4v) is 2.52. The summed E-state index contributed by atoms with van der Waals surface area (Å²) in [6, 6.07) is 16.0. The highest BCUT2D eigenvalue weighted by molar-refractivity contribution is 7.89. The van der Waals surface area contributed by atoms with Crippen molar-refractivity contribution in [3.63, 3.8) is 0 Å². The fraction of sp³-hybridized carbons (Fsp3) is 0.133.